The summed E-state index contributed by atoms with van der Waals surface area (Å²) < 4.78 is 32.7. The van der Waals surface area contributed by atoms with Crippen LogP contribution in [0.4, 0.5) is 5.69 Å². The van der Waals surface area contributed by atoms with Crippen molar-refractivity contribution in [2.45, 2.75) is 25.2 Å². The quantitative estimate of drug-likeness (QED) is 0.619. The molecule has 0 unspecified atom stereocenters. The molecule has 0 spiro atoms. The molecule has 0 saturated carbocycles. The van der Waals surface area contributed by atoms with Crippen molar-refractivity contribution in [2.24, 2.45) is 0 Å². The number of rotatable bonds is 10. The van der Waals surface area contributed by atoms with Crippen LogP contribution in [0.25, 0.3) is 0 Å². The van der Waals surface area contributed by atoms with Crippen molar-refractivity contribution in [3.05, 3.63) is 23.8 Å². The van der Waals surface area contributed by atoms with E-state index in [4.69, 9.17) is 4.74 Å². The number of ether oxygens (including phenoxy) is 1. The Morgan fingerprint density at radius 1 is 1.24 bits per heavy atom. The third-order valence-corrected chi connectivity index (χ3v) is 5.88. The van der Waals surface area contributed by atoms with Gasteiger partial charge in [-0.3, -0.25) is 4.79 Å². The molecular weight excluding hydrogens is 342 g/mol. The van der Waals surface area contributed by atoms with Gasteiger partial charge in [0.25, 0.3) is 0 Å². The predicted molar refractivity (Wildman–Crippen MR) is 97.4 cm³/mol. The lowest BCUT2D eigenvalue weighted by Crippen LogP contribution is -2.30. The maximum Gasteiger partial charge on any atom is 0.240 e. The lowest BCUT2D eigenvalue weighted by atomic mass is 10.2. The largest absolute Gasteiger partial charge is 0.379 e. The summed E-state index contributed by atoms with van der Waals surface area (Å²) in [5.74, 6) is -0.0286. The van der Waals surface area contributed by atoms with Gasteiger partial charge in [0, 0.05) is 25.8 Å². The molecule has 1 aromatic rings. The molecule has 1 N–H and O–H groups in total. The van der Waals surface area contributed by atoms with Gasteiger partial charge >= 0.3 is 0 Å². The number of amides is 1. The number of nitrogens with one attached hydrogen (secondary N) is 1. The fourth-order valence-electron chi connectivity index (χ4n) is 2.78. The summed E-state index contributed by atoms with van der Waals surface area (Å²) in [5.41, 5.74) is 1.51. The first kappa shape index (κ1) is 19.8. The summed E-state index contributed by atoms with van der Waals surface area (Å²) >= 11 is 0. The molecule has 7 nitrogen and oxygen atoms in total. The lowest BCUT2D eigenvalue weighted by molar-refractivity contribution is -0.117. The highest BCUT2D eigenvalue weighted by Crippen LogP contribution is 2.29. The number of hydrogen-bond acceptors (Lipinski definition) is 5. The molecular formula is C17H27N3O4S. The van der Waals surface area contributed by atoms with Crippen molar-refractivity contribution in [3.8, 4) is 0 Å². The van der Waals surface area contributed by atoms with Gasteiger partial charge in [-0.15, -0.1) is 0 Å². The van der Waals surface area contributed by atoms with E-state index in [1.807, 2.05) is 0 Å². The fraction of sp³-hybridized carbons (Fsp3) is 0.588. The molecule has 1 aliphatic rings. The van der Waals surface area contributed by atoms with Crippen molar-refractivity contribution in [2.75, 3.05) is 51.3 Å². The zero-order valence-electron chi connectivity index (χ0n) is 15.1. The van der Waals surface area contributed by atoms with Crippen LogP contribution in [0, 0.1) is 0 Å². The standard InChI is InChI=1S/C17H27N3O4S/c1-4-20(5-2)9-11-24-10-8-18-25(22,23)15-6-7-16-14(12-15)13-17(21)19(16)3/h6-7,12,18H,4-5,8-11,13H2,1-3H3. The summed E-state index contributed by atoms with van der Waals surface area (Å²) in [5, 5.41) is 0. The number of hydrogen-bond donors (Lipinski definition) is 1. The van der Waals surface area contributed by atoms with E-state index in [9.17, 15) is 13.2 Å². The van der Waals surface area contributed by atoms with Crippen molar-refractivity contribution in [1.82, 2.24) is 9.62 Å². The van der Waals surface area contributed by atoms with Crippen LogP contribution in [0.3, 0.4) is 0 Å². The van der Waals surface area contributed by atoms with Gasteiger partial charge in [0.15, 0.2) is 0 Å². The topological polar surface area (TPSA) is 79.0 Å². The Balaban J connectivity index is 1.82. The molecule has 0 aromatic heterocycles. The number of benzene rings is 1. The Morgan fingerprint density at radius 2 is 1.96 bits per heavy atom. The van der Waals surface area contributed by atoms with Gasteiger partial charge in [0.05, 0.1) is 24.5 Å². The Morgan fingerprint density at radius 3 is 2.64 bits per heavy atom. The van der Waals surface area contributed by atoms with E-state index >= 15 is 0 Å². The molecule has 8 heteroatoms. The average Bonchev–Trinajstić information content (AvgIpc) is 2.88. The summed E-state index contributed by atoms with van der Waals surface area (Å²) in [6, 6.07) is 4.77. The first-order chi connectivity index (χ1) is 11.9. The second-order valence-electron chi connectivity index (χ2n) is 5.96. The van der Waals surface area contributed by atoms with Crippen LogP contribution < -0.4 is 9.62 Å². The molecule has 1 aliphatic heterocycles. The second-order valence-corrected chi connectivity index (χ2v) is 7.72. The van der Waals surface area contributed by atoms with Gasteiger partial charge in [0.1, 0.15) is 0 Å². The SMILES string of the molecule is CCN(CC)CCOCCNS(=O)(=O)c1ccc2c(c1)CC(=O)N2C. The molecule has 0 bridgehead atoms. The summed E-state index contributed by atoms with van der Waals surface area (Å²) in [4.78, 5) is 15.7. The first-order valence-electron chi connectivity index (χ1n) is 8.58. The minimum absolute atomic E-state index is 0.0286. The molecule has 2 rings (SSSR count). The molecule has 1 amide bonds. The Labute approximate surface area is 150 Å². The van der Waals surface area contributed by atoms with Crippen LogP contribution in [0.5, 0.6) is 0 Å². The number of carbonyl (C=O) groups excluding carboxylic acids is 1. The molecule has 1 aromatic carbocycles. The summed E-state index contributed by atoms with van der Waals surface area (Å²) in [7, 11) is -1.91. The molecule has 25 heavy (non-hydrogen) atoms. The molecule has 1 heterocycles. The highest BCUT2D eigenvalue weighted by molar-refractivity contribution is 7.89. The molecule has 0 saturated heterocycles. The van der Waals surface area contributed by atoms with Crippen molar-refractivity contribution in [1.29, 1.82) is 0 Å². The van der Waals surface area contributed by atoms with Gasteiger partial charge in [-0.1, -0.05) is 13.8 Å². The summed E-state index contributed by atoms with van der Waals surface area (Å²) in [6.07, 6.45) is 0.240. The second kappa shape index (κ2) is 8.75. The van der Waals surface area contributed by atoms with E-state index in [0.29, 0.717) is 13.2 Å². The van der Waals surface area contributed by atoms with Crippen LogP contribution in [-0.4, -0.2) is 65.7 Å². The molecule has 140 valence electrons. The van der Waals surface area contributed by atoms with E-state index in [1.165, 1.54) is 6.07 Å². The first-order valence-corrected chi connectivity index (χ1v) is 10.1. The zero-order valence-corrected chi connectivity index (χ0v) is 15.9. The van der Waals surface area contributed by atoms with Gasteiger partial charge in [0.2, 0.25) is 15.9 Å². The minimum atomic E-state index is -3.60. The zero-order chi connectivity index (χ0) is 18.4. The monoisotopic (exact) mass is 369 g/mol. The number of anilines is 1. The highest BCUT2D eigenvalue weighted by atomic mass is 32.2. The van der Waals surface area contributed by atoms with Crippen LogP contribution in [0.2, 0.25) is 0 Å². The Kier molecular flexibility index (Phi) is 6.95. The lowest BCUT2D eigenvalue weighted by Gasteiger charge is -2.17. The fourth-order valence-corrected chi connectivity index (χ4v) is 3.84. The smallest absolute Gasteiger partial charge is 0.240 e. The normalized spacial score (nSPS) is 14.4. The van der Waals surface area contributed by atoms with Gasteiger partial charge in [-0.25, -0.2) is 13.1 Å². The average molecular weight is 369 g/mol. The highest BCUT2D eigenvalue weighted by Gasteiger charge is 2.26. The van der Waals surface area contributed by atoms with E-state index in [1.54, 1.807) is 24.1 Å². The van der Waals surface area contributed by atoms with E-state index in [0.717, 1.165) is 30.9 Å². The molecule has 0 radical (unpaired) electrons. The third kappa shape index (κ3) is 5.01. The van der Waals surface area contributed by atoms with Crippen LogP contribution in [0.15, 0.2) is 23.1 Å². The van der Waals surface area contributed by atoms with Crippen molar-refractivity contribution in [3.63, 3.8) is 0 Å². The van der Waals surface area contributed by atoms with E-state index < -0.39 is 10.0 Å². The van der Waals surface area contributed by atoms with Crippen molar-refractivity contribution >= 4 is 21.6 Å². The van der Waals surface area contributed by atoms with Gasteiger partial charge < -0.3 is 14.5 Å². The molecule has 0 aliphatic carbocycles. The third-order valence-electron chi connectivity index (χ3n) is 4.42. The van der Waals surface area contributed by atoms with Gasteiger partial charge in [-0.2, -0.15) is 0 Å². The number of carbonyl (C=O) groups is 1. The Hall–Kier alpha value is -1.48. The van der Waals surface area contributed by atoms with Gasteiger partial charge in [-0.05, 0) is 36.9 Å². The number of fused-ring (bicyclic) bond motifs is 1. The van der Waals surface area contributed by atoms with Crippen molar-refractivity contribution < 1.29 is 17.9 Å². The van der Waals surface area contributed by atoms with E-state index in [2.05, 4.69) is 23.5 Å². The van der Waals surface area contributed by atoms with Crippen LogP contribution >= 0.6 is 0 Å². The molecule has 0 fully saturated rings. The maximum absolute atomic E-state index is 12.4. The van der Waals surface area contributed by atoms with Crippen LogP contribution in [-0.2, 0) is 26.0 Å². The predicted octanol–water partition coefficient (Wildman–Crippen LogP) is 0.842. The maximum atomic E-state index is 12.4. The number of sulfonamides is 1. The number of likely N-dealkylation sites (N-methyl/N-ethyl adjacent to an activating group) is 2. The van der Waals surface area contributed by atoms with E-state index in [-0.39, 0.29) is 23.8 Å². The Bertz CT molecular complexity index is 702. The van der Waals surface area contributed by atoms with Crippen LogP contribution in [0.1, 0.15) is 19.4 Å². The molecule has 0 atom stereocenters. The number of nitrogens with zero attached hydrogens (tertiary/aromatic N) is 2. The summed E-state index contributed by atoms with van der Waals surface area (Å²) in [6.45, 7) is 8.11. The minimum Gasteiger partial charge on any atom is -0.379 e.